The first kappa shape index (κ1) is 17.2. The number of amides is 1. The van der Waals surface area contributed by atoms with Gasteiger partial charge in [0.1, 0.15) is 17.3 Å². The van der Waals surface area contributed by atoms with Crippen molar-refractivity contribution in [2.45, 2.75) is 12.5 Å². The number of hydrogen-bond acceptors (Lipinski definition) is 7. The molecule has 0 radical (unpaired) electrons. The molecule has 1 aliphatic heterocycles. The van der Waals surface area contributed by atoms with Crippen LogP contribution < -0.4 is 15.4 Å². The number of benzene rings is 1. The minimum absolute atomic E-state index is 0.0900. The molecule has 9 heteroatoms. The van der Waals surface area contributed by atoms with Crippen molar-refractivity contribution in [3.63, 3.8) is 0 Å². The molecule has 1 atom stereocenters. The maximum Gasteiger partial charge on any atom is 0.275 e. The van der Waals surface area contributed by atoms with Crippen LogP contribution in [0.5, 0.6) is 5.75 Å². The molecule has 2 heterocycles. The minimum Gasteiger partial charge on any atom is -0.497 e. The third-order valence-corrected chi connectivity index (χ3v) is 5.56. The topological polar surface area (TPSA) is 110 Å². The molecule has 0 aliphatic carbocycles. The van der Waals surface area contributed by atoms with E-state index in [1.165, 1.54) is 12.4 Å². The number of carbonyl (C=O) groups excluding carboxylic acids is 1. The molecule has 0 saturated carbocycles. The van der Waals surface area contributed by atoms with E-state index in [-0.39, 0.29) is 23.2 Å². The number of hydrogen-bond donors (Lipinski definition) is 2. The van der Waals surface area contributed by atoms with E-state index < -0.39 is 15.7 Å². The number of sulfone groups is 1. The van der Waals surface area contributed by atoms with Gasteiger partial charge in [0.15, 0.2) is 9.84 Å². The molecule has 1 unspecified atom stereocenters. The maximum absolute atomic E-state index is 12.2. The molecule has 2 N–H and O–H groups in total. The Bertz CT molecular complexity index is 868. The van der Waals surface area contributed by atoms with Crippen LogP contribution in [0.25, 0.3) is 0 Å². The average molecular weight is 362 g/mol. The standard InChI is InChI=1S/C16H18N4O4S/c1-24-13-4-2-3-11(7-13)20-16(21)14-8-18-15(9-17-14)19-12-5-6-25(22,23)10-12/h2-4,7-9,12H,5-6,10H2,1H3,(H,18,19)(H,20,21). The molecule has 1 fully saturated rings. The fourth-order valence-corrected chi connectivity index (χ4v) is 4.21. The van der Waals surface area contributed by atoms with Crippen LogP contribution >= 0.6 is 0 Å². The lowest BCUT2D eigenvalue weighted by atomic mass is 10.2. The lowest BCUT2D eigenvalue weighted by Gasteiger charge is -2.11. The van der Waals surface area contributed by atoms with Crippen molar-refractivity contribution in [1.29, 1.82) is 0 Å². The van der Waals surface area contributed by atoms with E-state index in [1.54, 1.807) is 31.4 Å². The van der Waals surface area contributed by atoms with E-state index in [0.29, 0.717) is 23.7 Å². The zero-order valence-electron chi connectivity index (χ0n) is 13.6. The van der Waals surface area contributed by atoms with Gasteiger partial charge in [0.2, 0.25) is 0 Å². The predicted molar refractivity (Wildman–Crippen MR) is 93.7 cm³/mol. The van der Waals surface area contributed by atoms with Gasteiger partial charge in [0.25, 0.3) is 5.91 Å². The Labute approximate surface area is 145 Å². The third kappa shape index (κ3) is 4.44. The van der Waals surface area contributed by atoms with Crippen LogP contribution in [0.3, 0.4) is 0 Å². The van der Waals surface area contributed by atoms with Crippen LogP contribution in [0, 0.1) is 0 Å². The number of nitrogens with one attached hydrogen (secondary N) is 2. The quantitative estimate of drug-likeness (QED) is 0.826. The molecular weight excluding hydrogens is 344 g/mol. The Morgan fingerprint density at radius 1 is 1.28 bits per heavy atom. The summed E-state index contributed by atoms with van der Waals surface area (Å²) in [4.78, 5) is 20.4. The first-order valence-corrected chi connectivity index (χ1v) is 9.52. The highest BCUT2D eigenvalue weighted by atomic mass is 32.2. The van der Waals surface area contributed by atoms with Crippen LogP contribution in [0.15, 0.2) is 36.7 Å². The number of rotatable bonds is 5. The van der Waals surface area contributed by atoms with Gasteiger partial charge in [-0.05, 0) is 18.6 Å². The van der Waals surface area contributed by atoms with Crippen molar-refractivity contribution in [3.05, 3.63) is 42.4 Å². The van der Waals surface area contributed by atoms with E-state index >= 15 is 0 Å². The maximum atomic E-state index is 12.2. The second-order valence-electron chi connectivity index (χ2n) is 5.72. The molecule has 25 heavy (non-hydrogen) atoms. The molecule has 8 nitrogen and oxygen atoms in total. The fourth-order valence-electron chi connectivity index (χ4n) is 2.53. The fraction of sp³-hybridized carbons (Fsp3) is 0.312. The molecule has 1 amide bonds. The van der Waals surface area contributed by atoms with Crippen LogP contribution in [0.4, 0.5) is 11.5 Å². The molecule has 0 bridgehead atoms. The van der Waals surface area contributed by atoms with E-state index in [0.717, 1.165) is 0 Å². The van der Waals surface area contributed by atoms with E-state index in [4.69, 9.17) is 4.74 Å². The number of anilines is 2. The summed E-state index contributed by atoms with van der Waals surface area (Å²) in [6.45, 7) is 0. The molecule has 1 aromatic carbocycles. The number of methoxy groups -OCH3 is 1. The monoisotopic (exact) mass is 362 g/mol. The van der Waals surface area contributed by atoms with E-state index in [9.17, 15) is 13.2 Å². The SMILES string of the molecule is COc1cccc(NC(=O)c2cnc(NC3CCS(=O)(=O)C3)cn2)c1. The van der Waals surface area contributed by atoms with Gasteiger partial charge < -0.3 is 15.4 Å². The van der Waals surface area contributed by atoms with E-state index in [1.807, 2.05) is 0 Å². The summed E-state index contributed by atoms with van der Waals surface area (Å²) in [5.41, 5.74) is 0.747. The Hall–Kier alpha value is -2.68. The lowest BCUT2D eigenvalue weighted by Crippen LogP contribution is -2.22. The summed E-state index contributed by atoms with van der Waals surface area (Å²) in [7, 11) is -1.41. The summed E-state index contributed by atoms with van der Waals surface area (Å²) in [5, 5.41) is 5.74. The van der Waals surface area contributed by atoms with Crippen molar-refractivity contribution in [3.8, 4) is 5.75 Å². The number of aromatic nitrogens is 2. The van der Waals surface area contributed by atoms with Gasteiger partial charge in [-0.15, -0.1) is 0 Å². The Balaban J connectivity index is 1.62. The van der Waals surface area contributed by atoms with Crippen LogP contribution in [0.2, 0.25) is 0 Å². The Kier molecular flexibility index (Phi) is 4.84. The second kappa shape index (κ2) is 7.06. The lowest BCUT2D eigenvalue weighted by molar-refractivity contribution is 0.102. The van der Waals surface area contributed by atoms with Gasteiger partial charge in [-0.1, -0.05) is 6.07 Å². The molecule has 1 aromatic heterocycles. The van der Waals surface area contributed by atoms with Crippen molar-refractivity contribution in [1.82, 2.24) is 9.97 Å². The Morgan fingerprint density at radius 2 is 2.12 bits per heavy atom. The summed E-state index contributed by atoms with van der Waals surface area (Å²) >= 11 is 0. The van der Waals surface area contributed by atoms with Gasteiger partial charge in [-0.25, -0.2) is 18.4 Å². The van der Waals surface area contributed by atoms with Gasteiger partial charge in [0, 0.05) is 17.8 Å². The van der Waals surface area contributed by atoms with Crippen LogP contribution in [-0.2, 0) is 9.84 Å². The first-order valence-electron chi connectivity index (χ1n) is 7.69. The van der Waals surface area contributed by atoms with Crippen molar-refractivity contribution < 1.29 is 17.9 Å². The molecular formula is C16H18N4O4S. The van der Waals surface area contributed by atoms with Crippen molar-refractivity contribution in [2.75, 3.05) is 29.2 Å². The third-order valence-electron chi connectivity index (χ3n) is 3.80. The highest BCUT2D eigenvalue weighted by Crippen LogP contribution is 2.18. The van der Waals surface area contributed by atoms with Crippen LogP contribution in [-0.4, -0.2) is 49.0 Å². The van der Waals surface area contributed by atoms with Gasteiger partial charge >= 0.3 is 0 Å². The largest absolute Gasteiger partial charge is 0.497 e. The predicted octanol–water partition coefficient (Wildman–Crippen LogP) is 1.34. The zero-order chi connectivity index (χ0) is 17.9. The van der Waals surface area contributed by atoms with Gasteiger partial charge in [-0.3, -0.25) is 4.79 Å². The van der Waals surface area contributed by atoms with Gasteiger partial charge in [0.05, 0.1) is 31.0 Å². The van der Waals surface area contributed by atoms with Crippen molar-refractivity contribution in [2.24, 2.45) is 0 Å². The smallest absolute Gasteiger partial charge is 0.275 e. The second-order valence-corrected chi connectivity index (χ2v) is 7.95. The summed E-state index contributed by atoms with van der Waals surface area (Å²) < 4.78 is 28.0. The number of nitrogens with zero attached hydrogens (tertiary/aromatic N) is 2. The zero-order valence-corrected chi connectivity index (χ0v) is 14.4. The molecule has 0 spiro atoms. The Morgan fingerprint density at radius 3 is 2.76 bits per heavy atom. The normalized spacial score (nSPS) is 18.5. The van der Waals surface area contributed by atoms with E-state index in [2.05, 4.69) is 20.6 Å². The highest BCUT2D eigenvalue weighted by Gasteiger charge is 2.27. The van der Waals surface area contributed by atoms with Crippen LogP contribution in [0.1, 0.15) is 16.9 Å². The summed E-state index contributed by atoms with van der Waals surface area (Å²) in [6.07, 6.45) is 3.31. The van der Waals surface area contributed by atoms with Gasteiger partial charge in [-0.2, -0.15) is 0 Å². The summed E-state index contributed by atoms with van der Waals surface area (Å²) in [5.74, 6) is 0.956. The average Bonchev–Trinajstić information content (AvgIpc) is 2.94. The molecule has 3 rings (SSSR count). The highest BCUT2D eigenvalue weighted by molar-refractivity contribution is 7.91. The summed E-state index contributed by atoms with van der Waals surface area (Å²) in [6, 6.07) is 6.81. The minimum atomic E-state index is -2.96. The number of carbonyl (C=O) groups is 1. The molecule has 132 valence electrons. The number of ether oxygens (including phenoxy) is 1. The molecule has 1 saturated heterocycles. The molecule has 1 aliphatic rings. The molecule has 2 aromatic rings. The van der Waals surface area contributed by atoms with Crippen molar-refractivity contribution >= 4 is 27.2 Å². The first-order chi connectivity index (χ1) is 11.9.